The third-order valence-electron chi connectivity index (χ3n) is 3.28. The third kappa shape index (κ3) is 6.25. The Labute approximate surface area is 121 Å². The van der Waals surface area contributed by atoms with Gasteiger partial charge in [-0.15, -0.1) is 12.4 Å². The summed E-state index contributed by atoms with van der Waals surface area (Å²) in [5.41, 5.74) is 0. The summed E-state index contributed by atoms with van der Waals surface area (Å²) in [5.74, 6) is 0.237. The van der Waals surface area contributed by atoms with E-state index in [9.17, 15) is 9.59 Å². The normalized spacial score (nSPS) is 18.6. The van der Waals surface area contributed by atoms with Crippen molar-refractivity contribution in [3.05, 3.63) is 0 Å². The van der Waals surface area contributed by atoms with Crippen LogP contribution in [0.25, 0.3) is 0 Å². The molecule has 2 N–H and O–H groups in total. The van der Waals surface area contributed by atoms with Crippen LogP contribution in [0.2, 0.25) is 0 Å². The van der Waals surface area contributed by atoms with E-state index in [2.05, 4.69) is 10.6 Å². The molecular weight excluding hydrogens is 266 g/mol. The minimum atomic E-state index is -0.0311. The number of nitrogens with zero attached hydrogens (tertiary/aromatic N) is 1. The smallest absolute Gasteiger partial charge is 0.224 e. The molecule has 0 bridgehead atoms. The quantitative estimate of drug-likeness (QED) is 0.711. The Kier molecular flexibility index (Phi) is 9.61. The van der Waals surface area contributed by atoms with Gasteiger partial charge in [-0.3, -0.25) is 9.59 Å². The van der Waals surface area contributed by atoms with Crippen molar-refractivity contribution in [3.8, 4) is 0 Å². The van der Waals surface area contributed by atoms with E-state index in [1.807, 2.05) is 18.9 Å². The molecule has 2 amide bonds. The van der Waals surface area contributed by atoms with Crippen LogP contribution in [0, 0.1) is 5.92 Å². The van der Waals surface area contributed by atoms with Crippen LogP contribution >= 0.6 is 12.4 Å². The fourth-order valence-electron chi connectivity index (χ4n) is 2.24. The van der Waals surface area contributed by atoms with Gasteiger partial charge >= 0.3 is 0 Å². The average molecular weight is 292 g/mol. The summed E-state index contributed by atoms with van der Waals surface area (Å²) in [6.07, 6.45) is 3.28. The minimum absolute atomic E-state index is 0. The summed E-state index contributed by atoms with van der Waals surface area (Å²) in [5, 5.41) is 5.90. The van der Waals surface area contributed by atoms with E-state index in [0.29, 0.717) is 19.5 Å². The maximum absolute atomic E-state index is 11.9. The zero-order chi connectivity index (χ0) is 13.4. The molecule has 0 aliphatic carbocycles. The van der Waals surface area contributed by atoms with Gasteiger partial charge < -0.3 is 15.5 Å². The lowest BCUT2D eigenvalue weighted by Crippen LogP contribution is -2.46. The van der Waals surface area contributed by atoms with E-state index >= 15 is 0 Å². The van der Waals surface area contributed by atoms with E-state index < -0.39 is 0 Å². The van der Waals surface area contributed by atoms with Crippen LogP contribution in [0.3, 0.4) is 0 Å². The van der Waals surface area contributed by atoms with Gasteiger partial charge in [0.2, 0.25) is 11.8 Å². The van der Waals surface area contributed by atoms with Crippen LogP contribution in [0.4, 0.5) is 0 Å². The second-order valence-corrected chi connectivity index (χ2v) is 4.82. The number of piperidine rings is 1. The van der Waals surface area contributed by atoms with Gasteiger partial charge in [-0.25, -0.2) is 0 Å². The SMILES string of the molecule is CCCC(=O)N1CCCC(C(=O)NCCNC)C1.Cl. The van der Waals surface area contributed by atoms with Crippen molar-refractivity contribution in [2.45, 2.75) is 32.6 Å². The first-order chi connectivity index (χ1) is 8.69. The fourth-order valence-corrected chi connectivity index (χ4v) is 2.24. The lowest BCUT2D eigenvalue weighted by Gasteiger charge is -2.32. The number of likely N-dealkylation sites (tertiary alicyclic amines) is 1. The second kappa shape index (κ2) is 10.0. The molecule has 1 saturated heterocycles. The van der Waals surface area contributed by atoms with Crippen LogP contribution in [0.15, 0.2) is 0 Å². The molecule has 5 nitrogen and oxygen atoms in total. The number of carbonyl (C=O) groups is 2. The summed E-state index contributed by atoms with van der Waals surface area (Å²) in [6.45, 7) is 4.82. The molecule has 1 unspecified atom stereocenters. The van der Waals surface area contributed by atoms with Gasteiger partial charge in [0.25, 0.3) is 0 Å². The predicted molar refractivity (Wildman–Crippen MR) is 78.4 cm³/mol. The van der Waals surface area contributed by atoms with Crippen molar-refractivity contribution in [1.82, 2.24) is 15.5 Å². The van der Waals surface area contributed by atoms with E-state index in [1.165, 1.54) is 0 Å². The van der Waals surface area contributed by atoms with Crippen molar-refractivity contribution in [2.24, 2.45) is 5.92 Å². The van der Waals surface area contributed by atoms with Crippen molar-refractivity contribution in [1.29, 1.82) is 0 Å². The molecule has 112 valence electrons. The Morgan fingerprint density at radius 2 is 2.05 bits per heavy atom. The zero-order valence-corrected chi connectivity index (χ0v) is 12.7. The lowest BCUT2D eigenvalue weighted by atomic mass is 9.97. The summed E-state index contributed by atoms with van der Waals surface area (Å²) in [6, 6.07) is 0. The van der Waals surface area contributed by atoms with Crippen LogP contribution in [0.5, 0.6) is 0 Å². The molecule has 1 atom stereocenters. The summed E-state index contributed by atoms with van der Waals surface area (Å²) in [4.78, 5) is 25.6. The number of hydrogen-bond donors (Lipinski definition) is 2. The molecule has 0 radical (unpaired) electrons. The second-order valence-electron chi connectivity index (χ2n) is 4.82. The fraction of sp³-hybridized carbons (Fsp3) is 0.846. The van der Waals surface area contributed by atoms with Gasteiger partial charge in [0.15, 0.2) is 0 Å². The molecule has 6 heteroatoms. The summed E-state index contributed by atoms with van der Waals surface area (Å²) in [7, 11) is 1.86. The van der Waals surface area contributed by atoms with Crippen molar-refractivity contribution >= 4 is 24.2 Å². The van der Waals surface area contributed by atoms with Crippen molar-refractivity contribution in [3.63, 3.8) is 0 Å². The Hall–Kier alpha value is -0.810. The standard InChI is InChI=1S/C13H25N3O2.ClH/c1-3-5-12(17)16-9-4-6-11(10-16)13(18)15-8-7-14-2;/h11,14H,3-10H2,1-2H3,(H,15,18);1H. The molecule has 0 aromatic heterocycles. The first-order valence-electron chi connectivity index (χ1n) is 6.89. The monoisotopic (exact) mass is 291 g/mol. The maximum Gasteiger partial charge on any atom is 0.224 e. The van der Waals surface area contributed by atoms with E-state index in [1.54, 1.807) is 0 Å². The van der Waals surface area contributed by atoms with Gasteiger partial charge in [0.1, 0.15) is 0 Å². The highest BCUT2D eigenvalue weighted by atomic mass is 35.5. The third-order valence-corrected chi connectivity index (χ3v) is 3.28. The molecular formula is C13H26ClN3O2. The molecule has 1 rings (SSSR count). The number of nitrogens with one attached hydrogen (secondary N) is 2. The van der Waals surface area contributed by atoms with E-state index in [0.717, 1.165) is 32.4 Å². The Morgan fingerprint density at radius 1 is 1.32 bits per heavy atom. The van der Waals surface area contributed by atoms with Crippen LogP contribution in [-0.2, 0) is 9.59 Å². The van der Waals surface area contributed by atoms with E-state index in [4.69, 9.17) is 0 Å². The van der Waals surface area contributed by atoms with Crippen molar-refractivity contribution in [2.75, 3.05) is 33.2 Å². The topological polar surface area (TPSA) is 61.4 Å². The summed E-state index contributed by atoms with van der Waals surface area (Å²) < 4.78 is 0. The molecule has 0 aromatic carbocycles. The molecule has 19 heavy (non-hydrogen) atoms. The highest BCUT2D eigenvalue weighted by molar-refractivity contribution is 5.85. The van der Waals surface area contributed by atoms with Crippen LogP contribution < -0.4 is 10.6 Å². The number of amides is 2. The Balaban J connectivity index is 0.00000324. The molecule has 0 spiro atoms. The number of hydrogen-bond acceptors (Lipinski definition) is 3. The molecule has 0 aromatic rings. The van der Waals surface area contributed by atoms with E-state index in [-0.39, 0.29) is 30.1 Å². The Morgan fingerprint density at radius 3 is 2.68 bits per heavy atom. The molecule has 1 fully saturated rings. The van der Waals surface area contributed by atoms with Gasteiger partial charge in [0, 0.05) is 32.6 Å². The first kappa shape index (κ1) is 18.2. The van der Waals surface area contributed by atoms with Gasteiger partial charge in [-0.2, -0.15) is 0 Å². The summed E-state index contributed by atoms with van der Waals surface area (Å²) >= 11 is 0. The van der Waals surface area contributed by atoms with Gasteiger partial charge in [-0.1, -0.05) is 6.92 Å². The highest BCUT2D eigenvalue weighted by Gasteiger charge is 2.27. The molecule has 0 saturated carbocycles. The number of likely N-dealkylation sites (N-methyl/N-ethyl adjacent to an activating group) is 1. The van der Waals surface area contributed by atoms with Gasteiger partial charge in [-0.05, 0) is 26.3 Å². The van der Waals surface area contributed by atoms with Crippen LogP contribution in [0.1, 0.15) is 32.6 Å². The molecule has 1 aliphatic heterocycles. The van der Waals surface area contributed by atoms with Gasteiger partial charge in [0.05, 0.1) is 5.92 Å². The minimum Gasteiger partial charge on any atom is -0.355 e. The highest BCUT2D eigenvalue weighted by Crippen LogP contribution is 2.17. The van der Waals surface area contributed by atoms with Crippen LogP contribution in [-0.4, -0.2) is 49.9 Å². The maximum atomic E-state index is 11.9. The predicted octanol–water partition coefficient (Wildman–Crippen LogP) is 0.782. The Bertz CT molecular complexity index is 287. The average Bonchev–Trinajstić information content (AvgIpc) is 2.39. The molecule has 1 aliphatic rings. The zero-order valence-electron chi connectivity index (χ0n) is 11.9. The molecule has 1 heterocycles. The number of rotatable bonds is 6. The largest absolute Gasteiger partial charge is 0.355 e. The van der Waals surface area contributed by atoms with Crippen molar-refractivity contribution < 1.29 is 9.59 Å². The first-order valence-corrected chi connectivity index (χ1v) is 6.89. The number of halogens is 1. The number of carbonyl (C=O) groups excluding carboxylic acids is 2. The lowest BCUT2D eigenvalue weighted by molar-refractivity contribution is -0.135.